The van der Waals surface area contributed by atoms with Crippen LogP contribution in [0.1, 0.15) is 12.5 Å². The first kappa shape index (κ1) is 14.8. The maximum absolute atomic E-state index is 12.8. The smallest absolute Gasteiger partial charge is 0.302 e. The first-order valence-corrected chi connectivity index (χ1v) is 6.63. The van der Waals surface area contributed by atoms with Crippen LogP contribution in [0, 0.1) is 0 Å². The minimum absolute atomic E-state index is 0.287. The van der Waals surface area contributed by atoms with Gasteiger partial charge in [0.1, 0.15) is 0 Å². The van der Waals surface area contributed by atoms with Crippen LogP contribution in [0.15, 0.2) is 23.6 Å². The van der Waals surface area contributed by atoms with Crippen molar-refractivity contribution in [3.63, 3.8) is 0 Å². The molecule has 0 radical (unpaired) electrons. The van der Waals surface area contributed by atoms with Crippen LogP contribution in [0.3, 0.4) is 0 Å². The Balaban J connectivity index is 2.38. The minimum atomic E-state index is -4.52. The van der Waals surface area contributed by atoms with Crippen LogP contribution < -0.4 is 5.32 Å². The van der Waals surface area contributed by atoms with Gasteiger partial charge in [-0.2, -0.15) is 13.2 Å². The lowest BCUT2D eigenvalue weighted by molar-refractivity contribution is -0.137. The molecule has 0 fully saturated rings. The monoisotopic (exact) mass is 320 g/mol. The largest absolute Gasteiger partial charge is 0.417 e. The van der Waals surface area contributed by atoms with Gasteiger partial charge in [0, 0.05) is 17.9 Å². The van der Waals surface area contributed by atoms with Gasteiger partial charge in [-0.15, -0.1) is 11.3 Å². The zero-order chi connectivity index (χ0) is 14.9. The molecular formula is C12H8ClF3N2OS. The van der Waals surface area contributed by atoms with E-state index < -0.39 is 11.7 Å². The van der Waals surface area contributed by atoms with E-state index in [0.29, 0.717) is 10.8 Å². The molecular weight excluding hydrogens is 313 g/mol. The zero-order valence-electron chi connectivity index (χ0n) is 10.1. The lowest BCUT2D eigenvalue weighted by Gasteiger charge is -2.09. The molecule has 1 aromatic heterocycles. The number of halogens is 4. The number of aromatic nitrogens is 1. The Morgan fingerprint density at radius 1 is 1.40 bits per heavy atom. The van der Waals surface area contributed by atoms with Crippen molar-refractivity contribution >= 4 is 34.0 Å². The molecule has 0 saturated heterocycles. The van der Waals surface area contributed by atoms with Crippen LogP contribution in [-0.2, 0) is 11.0 Å². The number of nitrogens with one attached hydrogen (secondary N) is 1. The summed E-state index contributed by atoms with van der Waals surface area (Å²) < 4.78 is 38.3. The topological polar surface area (TPSA) is 42.0 Å². The lowest BCUT2D eigenvalue weighted by atomic mass is 10.1. The van der Waals surface area contributed by atoms with Crippen molar-refractivity contribution in [2.24, 2.45) is 0 Å². The van der Waals surface area contributed by atoms with Gasteiger partial charge >= 0.3 is 6.18 Å². The molecule has 3 nitrogen and oxygen atoms in total. The van der Waals surface area contributed by atoms with Crippen molar-refractivity contribution < 1.29 is 18.0 Å². The third-order valence-electron chi connectivity index (χ3n) is 2.35. The molecule has 1 amide bonds. The van der Waals surface area contributed by atoms with E-state index in [1.807, 2.05) is 0 Å². The summed E-state index contributed by atoms with van der Waals surface area (Å²) in [5.41, 5.74) is -0.277. The van der Waals surface area contributed by atoms with Gasteiger partial charge in [0.2, 0.25) is 5.91 Å². The maximum atomic E-state index is 12.8. The fourth-order valence-electron chi connectivity index (χ4n) is 1.52. The van der Waals surface area contributed by atoms with Crippen molar-refractivity contribution in [2.45, 2.75) is 13.1 Å². The Kier molecular flexibility index (Phi) is 4.01. The molecule has 1 heterocycles. The number of anilines is 1. The quantitative estimate of drug-likeness (QED) is 0.888. The van der Waals surface area contributed by atoms with Gasteiger partial charge in [-0.1, -0.05) is 17.7 Å². The van der Waals surface area contributed by atoms with Crippen molar-refractivity contribution in [3.05, 3.63) is 34.2 Å². The van der Waals surface area contributed by atoms with Gasteiger partial charge in [-0.25, -0.2) is 4.98 Å². The minimum Gasteiger partial charge on any atom is -0.302 e. The number of carbonyl (C=O) groups is 1. The average Bonchev–Trinajstić information content (AvgIpc) is 2.75. The fourth-order valence-corrected chi connectivity index (χ4v) is 2.51. The SMILES string of the molecule is CC(=O)Nc1nc(-c2ccc(Cl)c(C(F)(F)F)c2)cs1. The van der Waals surface area contributed by atoms with E-state index in [2.05, 4.69) is 10.3 Å². The van der Waals surface area contributed by atoms with E-state index in [9.17, 15) is 18.0 Å². The summed E-state index contributed by atoms with van der Waals surface area (Å²) in [5, 5.41) is 4.00. The van der Waals surface area contributed by atoms with Crippen LogP contribution in [0.5, 0.6) is 0 Å². The van der Waals surface area contributed by atoms with Crippen LogP contribution in [0.25, 0.3) is 11.3 Å². The van der Waals surface area contributed by atoms with Crippen LogP contribution in [0.4, 0.5) is 18.3 Å². The molecule has 106 valence electrons. The summed E-state index contributed by atoms with van der Waals surface area (Å²) in [6.07, 6.45) is -4.52. The summed E-state index contributed by atoms with van der Waals surface area (Å²) in [4.78, 5) is 14.9. The second kappa shape index (κ2) is 5.41. The summed E-state index contributed by atoms with van der Waals surface area (Å²) >= 11 is 6.68. The molecule has 0 bridgehead atoms. The predicted molar refractivity (Wildman–Crippen MR) is 71.9 cm³/mol. The number of nitrogens with zero attached hydrogens (tertiary/aromatic N) is 1. The molecule has 0 saturated carbocycles. The van der Waals surface area contributed by atoms with Gasteiger partial charge in [-0.3, -0.25) is 4.79 Å². The van der Waals surface area contributed by atoms with Crippen molar-refractivity contribution in [1.29, 1.82) is 0 Å². The third kappa shape index (κ3) is 3.29. The van der Waals surface area contributed by atoms with Crippen LogP contribution in [-0.4, -0.2) is 10.9 Å². The van der Waals surface area contributed by atoms with Gasteiger partial charge < -0.3 is 5.32 Å². The highest BCUT2D eigenvalue weighted by Crippen LogP contribution is 2.37. The van der Waals surface area contributed by atoms with E-state index >= 15 is 0 Å². The number of benzene rings is 1. The Hall–Kier alpha value is -1.60. The van der Waals surface area contributed by atoms with Crippen molar-refractivity contribution in [1.82, 2.24) is 4.98 Å². The molecule has 2 rings (SSSR count). The lowest BCUT2D eigenvalue weighted by Crippen LogP contribution is -2.06. The number of hydrogen-bond donors (Lipinski definition) is 1. The molecule has 8 heteroatoms. The first-order valence-electron chi connectivity index (χ1n) is 5.37. The number of thiazole rings is 1. The van der Waals surface area contributed by atoms with Gasteiger partial charge in [0.05, 0.1) is 16.3 Å². The maximum Gasteiger partial charge on any atom is 0.417 e. The highest BCUT2D eigenvalue weighted by Gasteiger charge is 2.33. The average molecular weight is 321 g/mol. The van der Waals surface area contributed by atoms with Gasteiger partial charge in [0.15, 0.2) is 5.13 Å². The van der Waals surface area contributed by atoms with E-state index in [4.69, 9.17) is 11.6 Å². The summed E-state index contributed by atoms with van der Waals surface area (Å²) in [6, 6.07) is 3.57. The Morgan fingerprint density at radius 2 is 2.10 bits per heavy atom. The van der Waals surface area contributed by atoms with Crippen LogP contribution >= 0.6 is 22.9 Å². The zero-order valence-corrected chi connectivity index (χ0v) is 11.7. The Labute approximate surface area is 121 Å². The highest BCUT2D eigenvalue weighted by atomic mass is 35.5. The molecule has 0 aliphatic carbocycles. The fraction of sp³-hybridized carbons (Fsp3) is 0.167. The normalized spacial score (nSPS) is 11.4. The molecule has 0 aliphatic rings. The second-order valence-corrected chi connectivity index (χ2v) is 5.18. The van der Waals surface area contributed by atoms with Gasteiger partial charge in [-0.05, 0) is 12.1 Å². The van der Waals surface area contributed by atoms with E-state index in [1.165, 1.54) is 19.1 Å². The molecule has 1 N–H and O–H groups in total. The van der Waals surface area contributed by atoms with E-state index in [-0.39, 0.29) is 16.5 Å². The molecule has 0 atom stereocenters. The second-order valence-electron chi connectivity index (χ2n) is 3.91. The van der Waals surface area contributed by atoms with Crippen LogP contribution in [0.2, 0.25) is 5.02 Å². The molecule has 0 spiro atoms. The van der Waals surface area contributed by atoms with Crippen molar-refractivity contribution in [2.75, 3.05) is 5.32 Å². The number of carbonyl (C=O) groups excluding carboxylic acids is 1. The first-order chi connectivity index (χ1) is 9.27. The third-order valence-corrected chi connectivity index (χ3v) is 3.44. The number of amides is 1. The summed E-state index contributed by atoms with van der Waals surface area (Å²) in [5.74, 6) is -0.294. The van der Waals surface area contributed by atoms with Gasteiger partial charge in [0.25, 0.3) is 0 Å². The highest BCUT2D eigenvalue weighted by molar-refractivity contribution is 7.14. The Bertz CT molecular complexity index is 654. The standard InChI is InChI=1S/C12H8ClF3N2OS/c1-6(19)17-11-18-10(5-20-11)7-2-3-9(13)8(4-7)12(14,15)16/h2-5H,1H3,(H,17,18,19). The number of alkyl halides is 3. The molecule has 0 aliphatic heterocycles. The molecule has 1 aromatic carbocycles. The van der Waals surface area contributed by atoms with E-state index in [0.717, 1.165) is 17.4 Å². The molecule has 0 unspecified atom stereocenters. The number of rotatable bonds is 2. The summed E-state index contributed by atoms with van der Waals surface area (Å²) in [7, 11) is 0. The Morgan fingerprint density at radius 3 is 2.70 bits per heavy atom. The predicted octanol–water partition coefficient (Wildman–Crippen LogP) is 4.44. The van der Waals surface area contributed by atoms with Crippen molar-refractivity contribution in [3.8, 4) is 11.3 Å². The number of hydrogen-bond acceptors (Lipinski definition) is 3. The molecule has 2 aromatic rings. The van der Waals surface area contributed by atoms with E-state index in [1.54, 1.807) is 5.38 Å². The molecule has 20 heavy (non-hydrogen) atoms. The summed E-state index contributed by atoms with van der Waals surface area (Å²) in [6.45, 7) is 1.32.